The maximum Gasteiger partial charge on any atom is 0.314 e. The fraction of sp³-hybridized carbons (Fsp3) is 0.222. The Morgan fingerprint density at radius 1 is 0.783 bits per heavy atom. The summed E-state index contributed by atoms with van der Waals surface area (Å²) in [5.74, 6) is -1.38. The van der Waals surface area contributed by atoms with Crippen molar-refractivity contribution in [1.29, 1.82) is 0 Å². The molecule has 0 aliphatic carbocycles. The highest BCUT2D eigenvalue weighted by molar-refractivity contribution is 6.43. The number of rotatable bonds is 3. The first kappa shape index (κ1) is 16.5. The van der Waals surface area contributed by atoms with Crippen molar-refractivity contribution in [3.8, 4) is 0 Å². The van der Waals surface area contributed by atoms with Gasteiger partial charge in [0.1, 0.15) is 0 Å². The molecule has 5 heteroatoms. The van der Waals surface area contributed by atoms with Crippen LogP contribution >= 0.6 is 0 Å². The predicted octanol–water partition coefficient (Wildman–Crippen LogP) is 2.95. The molecule has 0 heterocycles. The molecule has 0 saturated heterocycles. The number of nitrogens with zero attached hydrogens (tertiary/aromatic N) is 1. The molecule has 0 spiro atoms. The zero-order valence-electron chi connectivity index (χ0n) is 13.8. The van der Waals surface area contributed by atoms with Crippen molar-refractivity contribution in [3.63, 3.8) is 0 Å². The van der Waals surface area contributed by atoms with E-state index in [1.54, 1.807) is 12.1 Å². The van der Waals surface area contributed by atoms with Gasteiger partial charge in [0.25, 0.3) is 0 Å². The summed E-state index contributed by atoms with van der Waals surface area (Å²) in [7, 11) is 3.87. The van der Waals surface area contributed by atoms with Crippen LogP contribution in [0.3, 0.4) is 0 Å². The summed E-state index contributed by atoms with van der Waals surface area (Å²) in [6.07, 6.45) is 0. The molecule has 23 heavy (non-hydrogen) atoms. The summed E-state index contributed by atoms with van der Waals surface area (Å²) < 4.78 is 0. The molecule has 2 amide bonds. The van der Waals surface area contributed by atoms with Crippen LogP contribution in [-0.2, 0) is 9.59 Å². The van der Waals surface area contributed by atoms with E-state index in [1.807, 2.05) is 63.2 Å². The Labute approximate surface area is 136 Å². The Morgan fingerprint density at radius 2 is 1.26 bits per heavy atom. The number of anilines is 3. The van der Waals surface area contributed by atoms with Gasteiger partial charge < -0.3 is 15.5 Å². The van der Waals surface area contributed by atoms with E-state index in [1.165, 1.54) is 0 Å². The second-order valence-electron chi connectivity index (χ2n) is 5.73. The zero-order chi connectivity index (χ0) is 17.0. The number of aryl methyl sites for hydroxylation is 2. The van der Waals surface area contributed by atoms with Crippen molar-refractivity contribution < 1.29 is 9.59 Å². The molecular formula is C18H21N3O2. The molecule has 0 unspecified atom stereocenters. The molecule has 0 saturated carbocycles. The van der Waals surface area contributed by atoms with Crippen molar-refractivity contribution in [2.75, 3.05) is 29.6 Å². The van der Waals surface area contributed by atoms with Crippen LogP contribution in [-0.4, -0.2) is 25.9 Å². The van der Waals surface area contributed by atoms with Crippen LogP contribution in [0, 0.1) is 13.8 Å². The van der Waals surface area contributed by atoms with Crippen LogP contribution in [0.1, 0.15) is 11.1 Å². The topological polar surface area (TPSA) is 61.4 Å². The van der Waals surface area contributed by atoms with Gasteiger partial charge >= 0.3 is 11.8 Å². The maximum atomic E-state index is 12.0. The van der Waals surface area contributed by atoms with E-state index in [0.29, 0.717) is 11.4 Å². The number of hydrogen-bond donors (Lipinski definition) is 2. The number of amides is 2. The van der Waals surface area contributed by atoms with E-state index in [-0.39, 0.29) is 0 Å². The van der Waals surface area contributed by atoms with Crippen molar-refractivity contribution in [2.24, 2.45) is 0 Å². The average Bonchev–Trinajstić information content (AvgIpc) is 2.46. The first-order chi connectivity index (χ1) is 10.8. The van der Waals surface area contributed by atoms with Gasteiger partial charge in [-0.1, -0.05) is 6.07 Å². The Kier molecular flexibility index (Phi) is 5.01. The predicted molar refractivity (Wildman–Crippen MR) is 93.9 cm³/mol. The summed E-state index contributed by atoms with van der Waals surface area (Å²) in [4.78, 5) is 25.9. The van der Waals surface area contributed by atoms with E-state index < -0.39 is 11.8 Å². The second-order valence-corrected chi connectivity index (χ2v) is 5.73. The van der Waals surface area contributed by atoms with Gasteiger partial charge in [-0.05, 0) is 61.4 Å². The standard InChI is InChI=1S/C18H21N3O2/c1-12-9-13(2)11-15(10-12)20-18(23)17(22)19-14-5-7-16(8-6-14)21(3)4/h5-11H,1-4H3,(H,19,22)(H,20,23). The molecule has 0 aromatic heterocycles. The van der Waals surface area contributed by atoms with Gasteiger partial charge in [-0.2, -0.15) is 0 Å². The zero-order valence-corrected chi connectivity index (χ0v) is 13.8. The molecule has 0 atom stereocenters. The van der Waals surface area contributed by atoms with Gasteiger partial charge in [0.2, 0.25) is 0 Å². The molecule has 0 radical (unpaired) electrons. The first-order valence-corrected chi connectivity index (χ1v) is 7.33. The molecule has 5 nitrogen and oxygen atoms in total. The van der Waals surface area contributed by atoms with Crippen molar-refractivity contribution in [1.82, 2.24) is 0 Å². The summed E-state index contributed by atoms with van der Waals surface area (Å²) >= 11 is 0. The van der Waals surface area contributed by atoms with Crippen LogP contribution in [0.25, 0.3) is 0 Å². The fourth-order valence-corrected chi connectivity index (χ4v) is 2.27. The van der Waals surface area contributed by atoms with Crippen LogP contribution < -0.4 is 15.5 Å². The van der Waals surface area contributed by atoms with Crippen LogP contribution in [0.4, 0.5) is 17.1 Å². The van der Waals surface area contributed by atoms with E-state index in [4.69, 9.17) is 0 Å². The van der Waals surface area contributed by atoms with Gasteiger partial charge in [-0.25, -0.2) is 0 Å². The van der Waals surface area contributed by atoms with E-state index in [9.17, 15) is 9.59 Å². The molecule has 2 aromatic rings. The molecule has 0 aliphatic rings. The van der Waals surface area contributed by atoms with Crippen LogP contribution in [0.15, 0.2) is 42.5 Å². The number of carbonyl (C=O) groups excluding carboxylic acids is 2. The Bertz CT molecular complexity index is 701. The third kappa shape index (κ3) is 4.57. The highest BCUT2D eigenvalue weighted by Crippen LogP contribution is 2.16. The second kappa shape index (κ2) is 6.96. The Morgan fingerprint density at radius 3 is 1.74 bits per heavy atom. The van der Waals surface area contributed by atoms with Crippen molar-refractivity contribution in [2.45, 2.75) is 13.8 Å². The average molecular weight is 311 g/mol. The van der Waals surface area contributed by atoms with Gasteiger partial charge in [-0.15, -0.1) is 0 Å². The molecule has 2 aromatic carbocycles. The van der Waals surface area contributed by atoms with Crippen molar-refractivity contribution in [3.05, 3.63) is 53.6 Å². The molecule has 0 aliphatic heterocycles. The van der Waals surface area contributed by atoms with Gasteiger partial charge in [-0.3, -0.25) is 9.59 Å². The quantitative estimate of drug-likeness (QED) is 0.857. The van der Waals surface area contributed by atoms with Gasteiger partial charge in [0, 0.05) is 31.2 Å². The molecule has 2 N–H and O–H groups in total. The minimum Gasteiger partial charge on any atom is -0.378 e. The number of benzene rings is 2. The summed E-state index contributed by atoms with van der Waals surface area (Å²) in [6.45, 7) is 3.88. The Hall–Kier alpha value is -2.82. The summed E-state index contributed by atoms with van der Waals surface area (Å²) in [5, 5.41) is 5.20. The molecule has 120 valence electrons. The highest BCUT2D eigenvalue weighted by atomic mass is 16.2. The molecular weight excluding hydrogens is 290 g/mol. The Balaban J connectivity index is 2.01. The summed E-state index contributed by atoms with van der Waals surface area (Å²) in [5.41, 5.74) is 4.27. The van der Waals surface area contributed by atoms with E-state index >= 15 is 0 Å². The lowest BCUT2D eigenvalue weighted by molar-refractivity contribution is -0.132. The number of hydrogen-bond acceptors (Lipinski definition) is 3. The first-order valence-electron chi connectivity index (χ1n) is 7.33. The lowest BCUT2D eigenvalue weighted by Gasteiger charge is -2.13. The minimum atomic E-state index is -0.693. The van der Waals surface area contributed by atoms with Crippen molar-refractivity contribution >= 4 is 28.9 Å². The molecule has 0 bridgehead atoms. The smallest absolute Gasteiger partial charge is 0.314 e. The largest absolute Gasteiger partial charge is 0.378 e. The van der Waals surface area contributed by atoms with E-state index in [2.05, 4.69) is 10.6 Å². The normalized spacial score (nSPS) is 10.1. The number of nitrogens with one attached hydrogen (secondary N) is 2. The third-order valence-electron chi connectivity index (χ3n) is 3.33. The third-order valence-corrected chi connectivity index (χ3v) is 3.33. The fourth-order valence-electron chi connectivity index (χ4n) is 2.27. The highest BCUT2D eigenvalue weighted by Gasteiger charge is 2.14. The van der Waals surface area contributed by atoms with E-state index in [0.717, 1.165) is 16.8 Å². The number of carbonyl (C=O) groups is 2. The van der Waals surface area contributed by atoms with Gasteiger partial charge in [0.15, 0.2) is 0 Å². The molecule has 2 rings (SSSR count). The lowest BCUT2D eigenvalue weighted by Crippen LogP contribution is -2.29. The minimum absolute atomic E-state index is 0.580. The lowest BCUT2D eigenvalue weighted by atomic mass is 10.1. The van der Waals surface area contributed by atoms with Crippen LogP contribution in [0.2, 0.25) is 0 Å². The maximum absolute atomic E-state index is 12.0. The van der Waals surface area contributed by atoms with Gasteiger partial charge in [0.05, 0.1) is 0 Å². The monoisotopic (exact) mass is 311 g/mol. The SMILES string of the molecule is Cc1cc(C)cc(NC(=O)C(=O)Nc2ccc(N(C)C)cc2)c1. The summed E-state index contributed by atoms with van der Waals surface area (Å²) in [6, 6.07) is 12.9. The molecule has 0 fully saturated rings. The van der Waals surface area contributed by atoms with Crippen LogP contribution in [0.5, 0.6) is 0 Å².